The zero-order valence-electron chi connectivity index (χ0n) is 11.5. The largest absolute Gasteiger partial charge is 0.352 e. The van der Waals surface area contributed by atoms with Crippen LogP contribution in [0.4, 0.5) is 11.6 Å². The first kappa shape index (κ1) is 15.5. The molecule has 0 saturated carbocycles. The summed E-state index contributed by atoms with van der Waals surface area (Å²) in [5.74, 6) is 0.150. The van der Waals surface area contributed by atoms with Crippen molar-refractivity contribution in [3.8, 4) is 0 Å². The molecule has 2 aromatic rings. The van der Waals surface area contributed by atoms with Gasteiger partial charge in [0.25, 0.3) is 5.91 Å². The molecule has 0 aliphatic heterocycles. The van der Waals surface area contributed by atoms with Crippen molar-refractivity contribution in [3.05, 3.63) is 46.2 Å². The second kappa shape index (κ2) is 6.74. The summed E-state index contributed by atoms with van der Waals surface area (Å²) < 4.78 is 0. The number of nitrogens with one attached hydrogen (secondary N) is 2. The average Bonchev–Trinajstić information content (AvgIpc) is 2.37. The smallest absolute Gasteiger partial charge is 0.258 e. The van der Waals surface area contributed by atoms with Gasteiger partial charge in [-0.1, -0.05) is 23.2 Å². The van der Waals surface area contributed by atoms with Crippen LogP contribution >= 0.6 is 23.2 Å². The van der Waals surface area contributed by atoms with Gasteiger partial charge in [0, 0.05) is 34.2 Å². The van der Waals surface area contributed by atoms with Crippen LogP contribution in [-0.2, 0) is 0 Å². The molecule has 7 heteroatoms. The summed E-state index contributed by atoms with van der Waals surface area (Å²) in [5.41, 5.74) is 0.863. The standard InChI is InChI=1S/C14H14Cl2N4O/c1-8(2)19-14-17-6-9(7-18-14)13(21)20-12-4-10(15)3-11(16)5-12/h3-8H,1-2H3,(H,20,21)(H,17,18,19). The van der Waals surface area contributed by atoms with Gasteiger partial charge in [0.15, 0.2) is 0 Å². The van der Waals surface area contributed by atoms with Crippen molar-refractivity contribution in [3.63, 3.8) is 0 Å². The van der Waals surface area contributed by atoms with E-state index in [-0.39, 0.29) is 11.9 Å². The summed E-state index contributed by atoms with van der Waals surface area (Å²) in [6, 6.07) is 5.04. The third kappa shape index (κ3) is 4.58. The van der Waals surface area contributed by atoms with E-state index in [0.717, 1.165) is 0 Å². The molecule has 5 nitrogen and oxygen atoms in total. The highest BCUT2D eigenvalue weighted by Gasteiger charge is 2.09. The highest BCUT2D eigenvalue weighted by Crippen LogP contribution is 2.22. The van der Waals surface area contributed by atoms with Crippen LogP contribution in [0.25, 0.3) is 0 Å². The highest BCUT2D eigenvalue weighted by atomic mass is 35.5. The van der Waals surface area contributed by atoms with Crippen LogP contribution in [0.3, 0.4) is 0 Å². The van der Waals surface area contributed by atoms with Crippen LogP contribution < -0.4 is 10.6 Å². The maximum atomic E-state index is 12.1. The van der Waals surface area contributed by atoms with E-state index in [0.29, 0.717) is 27.2 Å². The lowest BCUT2D eigenvalue weighted by atomic mass is 10.2. The van der Waals surface area contributed by atoms with E-state index in [1.807, 2.05) is 13.8 Å². The third-order valence-corrected chi connectivity index (χ3v) is 2.89. The molecule has 0 fully saturated rings. The van der Waals surface area contributed by atoms with Crippen molar-refractivity contribution in [1.82, 2.24) is 9.97 Å². The molecule has 0 spiro atoms. The van der Waals surface area contributed by atoms with Gasteiger partial charge in [0.2, 0.25) is 5.95 Å². The first-order valence-electron chi connectivity index (χ1n) is 6.30. The second-order valence-electron chi connectivity index (χ2n) is 4.71. The first-order valence-corrected chi connectivity index (χ1v) is 7.05. The fraction of sp³-hybridized carbons (Fsp3) is 0.214. The fourth-order valence-electron chi connectivity index (χ4n) is 1.61. The topological polar surface area (TPSA) is 66.9 Å². The molecular weight excluding hydrogens is 311 g/mol. The van der Waals surface area contributed by atoms with E-state index in [2.05, 4.69) is 20.6 Å². The van der Waals surface area contributed by atoms with Crippen LogP contribution in [0.15, 0.2) is 30.6 Å². The first-order chi connectivity index (χ1) is 9.94. The number of rotatable bonds is 4. The lowest BCUT2D eigenvalue weighted by Gasteiger charge is -2.09. The van der Waals surface area contributed by atoms with Crippen molar-refractivity contribution < 1.29 is 4.79 Å². The molecule has 110 valence electrons. The Kier molecular flexibility index (Phi) is 4.98. The van der Waals surface area contributed by atoms with Gasteiger partial charge in [-0.2, -0.15) is 0 Å². The second-order valence-corrected chi connectivity index (χ2v) is 5.58. The molecular formula is C14H14Cl2N4O. The number of anilines is 2. The Bertz CT molecular complexity index is 624. The quantitative estimate of drug-likeness (QED) is 0.896. The lowest BCUT2D eigenvalue weighted by Crippen LogP contribution is -2.15. The van der Waals surface area contributed by atoms with Crippen LogP contribution in [0.1, 0.15) is 24.2 Å². The Morgan fingerprint density at radius 1 is 1.10 bits per heavy atom. The van der Waals surface area contributed by atoms with Crippen LogP contribution in [0, 0.1) is 0 Å². The number of aromatic nitrogens is 2. The van der Waals surface area contributed by atoms with Gasteiger partial charge >= 0.3 is 0 Å². The average molecular weight is 325 g/mol. The van der Waals surface area contributed by atoms with Crippen molar-refractivity contribution >= 4 is 40.7 Å². The van der Waals surface area contributed by atoms with Gasteiger partial charge in [-0.3, -0.25) is 4.79 Å². The van der Waals surface area contributed by atoms with E-state index in [1.54, 1.807) is 18.2 Å². The molecule has 2 N–H and O–H groups in total. The summed E-state index contributed by atoms with van der Waals surface area (Å²) >= 11 is 11.8. The molecule has 0 radical (unpaired) electrons. The Hall–Kier alpha value is -1.85. The Morgan fingerprint density at radius 2 is 1.67 bits per heavy atom. The summed E-state index contributed by atoms with van der Waals surface area (Å²) in [4.78, 5) is 20.2. The zero-order chi connectivity index (χ0) is 15.4. The lowest BCUT2D eigenvalue weighted by molar-refractivity contribution is 0.102. The van der Waals surface area contributed by atoms with Gasteiger partial charge in [0.05, 0.1) is 5.56 Å². The maximum Gasteiger partial charge on any atom is 0.258 e. The van der Waals surface area contributed by atoms with Gasteiger partial charge < -0.3 is 10.6 Å². The summed E-state index contributed by atoms with van der Waals surface area (Å²) in [6.07, 6.45) is 2.92. The Balaban J connectivity index is 2.09. The SMILES string of the molecule is CC(C)Nc1ncc(C(=O)Nc2cc(Cl)cc(Cl)c2)cn1. The predicted octanol–water partition coefficient (Wildman–Crippen LogP) is 3.86. The minimum absolute atomic E-state index is 0.221. The summed E-state index contributed by atoms with van der Waals surface area (Å²) in [6.45, 7) is 3.96. The Labute approximate surface area is 132 Å². The molecule has 0 aliphatic rings. The number of benzene rings is 1. The van der Waals surface area contributed by atoms with Crippen LogP contribution in [0.2, 0.25) is 10.0 Å². The number of nitrogens with zero attached hydrogens (tertiary/aromatic N) is 2. The summed E-state index contributed by atoms with van der Waals surface area (Å²) in [5, 5.41) is 6.64. The van der Waals surface area contributed by atoms with E-state index < -0.39 is 0 Å². The van der Waals surface area contributed by atoms with Crippen molar-refractivity contribution in [2.24, 2.45) is 0 Å². The van der Waals surface area contributed by atoms with E-state index in [1.165, 1.54) is 12.4 Å². The van der Waals surface area contributed by atoms with E-state index >= 15 is 0 Å². The molecule has 1 heterocycles. The molecule has 0 bridgehead atoms. The molecule has 21 heavy (non-hydrogen) atoms. The highest BCUT2D eigenvalue weighted by molar-refractivity contribution is 6.35. The van der Waals surface area contributed by atoms with Gasteiger partial charge in [-0.25, -0.2) is 9.97 Å². The van der Waals surface area contributed by atoms with E-state index in [4.69, 9.17) is 23.2 Å². The maximum absolute atomic E-state index is 12.1. The molecule has 0 aliphatic carbocycles. The van der Waals surface area contributed by atoms with Crippen LogP contribution in [0.5, 0.6) is 0 Å². The molecule has 0 unspecified atom stereocenters. The Morgan fingerprint density at radius 3 is 2.19 bits per heavy atom. The zero-order valence-corrected chi connectivity index (χ0v) is 13.0. The molecule has 0 atom stereocenters. The van der Waals surface area contributed by atoms with Crippen molar-refractivity contribution in [1.29, 1.82) is 0 Å². The van der Waals surface area contributed by atoms with Gasteiger partial charge in [0.1, 0.15) is 0 Å². The molecule has 2 rings (SSSR count). The fourth-order valence-corrected chi connectivity index (χ4v) is 2.13. The third-order valence-electron chi connectivity index (χ3n) is 2.45. The number of amides is 1. The van der Waals surface area contributed by atoms with Gasteiger partial charge in [-0.15, -0.1) is 0 Å². The monoisotopic (exact) mass is 324 g/mol. The number of carbonyl (C=O) groups excluding carboxylic acids is 1. The minimum Gasteiger partial charge on any atom is -0.352 e. The van der Waals surface area contributed by atoms with E-state index in [9.17, 15) is 4.79 Å². The predicted molar refractivity (Wildman–Crippen MR) is 85.2 cm³/mol. The number of hydrogen-bond acceptors (Lipinski definition) is 4. The molecule has 0 saturated heterocycles. The number of carbonyl (C=O) groups is 1. The molecule has 1 aromatic heterocycles. The summed E-state index contributed by atoms with van der Waals surface area (Å²) in [7, 11) is 0. The van der Waals surface area contributed by atoms with Crippen molar-refractivity contribution in [2.45, 2.75) is 19.9 Å². The van der Waals surface area contributed by atoms with Crippen molar-refractivity contribution in [2.75, 3.05) is 10.6 Å². The normalized spacial score (nSPS) is 10.5. The number of halogens is 2. The molecule has 1 amide bonds. The van der Waals surface area contributed by atoms with Crippen LogP contribution in [-0.4, -0.2) is 21.9 Å². The molecule has 1 aromatic carbocycles. The number of hydrogen-bond donors (Lipinski definition) is 2. The van der Waals surface area contributed by atoms with Gasteiger partial charge in [-0.05, 0) is 32.0 Å². The minimum atomic E-state index is -0.329.